The first kappa shape index (κ1) is 21.0. The highest BCUT2D eigenvalue weighted by Crippen LogP contribution is 2.26. The van der Waals surface area contributed by atoms with E-state index in [0.717, 1.165) is 25.1 Å². The average molecular weight is 349 g/mol. The highest BCUT2D eigenvalue weighted by atomic mass is 35.5. The Balaban J connectivity index is 0.00000220. The van der Waals surface area contributed by atoms with Gasteiger partial charge >= 0.3 is 5.97 Å². The van der Waals surface area contributed by atoms with Gasteiger partial charge in [0.15, 0.2) is 0 Å². The smallest absolute Gasteiger partial charge is 0.308 e. The van der Waals surface area contributed by atoms with E-state index in [1.54, 1.807) is 0 Å². The van der Waals surface area contributed by atoms with Crippen molar-refractivity contribution < 1.29 is 9.53 Å². The fourth-order valence-electron chi connectivity index (χ4n) is 2.85. The number of likely N-dealkylation sites (tertiary alicyclic amines) is 1. The number of hydrogen-bond acceptors (Lipinski definition) is 4. The van der Waals surface area contributed by atoms with Gasteiger partial charge in [-0.3, -0.25) is 9.69 Å². The first-order valence-electron chi connectivity index (χ1n) is 7.27. The highest BCUT2D eigenvalue weighted by Gasteiger charge is 2.33. The number of rotatable bonds is 4. The molecule has 1 N–H and O–H groups in total. The molecule has 0 radical (unpaired) electrons. The van der Waals surface area contributed by atoms with Crippen molar-refractivity contribution in [3.63, 3.8) is 0 Å². The van der Waals surface area contributed by atoms with E-state index in [1.807, 2.05) is 18.2 Å². The number of nitrogens with one attached hydrogen (secondary N) is 1. The van der Waals surface area contributed by atoms with E-state index in [-0.39, 0.29) is 42.9 Å². The number of halogens is 2. The molecule has 0 bridgehead atoms. The zero-order chi connectivity index (χ0) is 14.5. The van der Waals surface area contributed by atoms with Gasteiger partial charge in [0.05, 0.1) is 19.2 Å². The molecule has 6 heteroatoms. The van der Waals surface area contributed by atoms with Crippen molar-refractivity contribution in [3.05, 3.63) is 30.3 Å². The van der Waals surface area contributed by atoms with Gasteiger partial charge < -0.3 is 10.1 Å². The Kier molecular flexibility index (Phi) is 9.49. The summed E-state index contributed by atoms with van der Waals surface area (Å²) in [5.41, 5.74) is 1.09. The third kappa shape index (κ3) is 5.34. The predicted molar refractivity (Wildman–Crippen MR) is 94.9 cm³/mol. The summed E-state index contributed by atoms with van der Waals surface area (Å²) in [6.07, 6.45) is 1.84. The number of ether oxygens (including phenoxy) is 1. The fraction of sp³-hybridized carbons (Fsp3) is 0.562. The Hall–Kier alpha value is -0.970. The van der Waals surface area contributed by atoms with E-state index >= 15 is 0 Å². The Morgan fingerprint density at radius 2 is 1.91 bits per heavy atom. The van der Waals surface area contributed by atoms with Gasteiger partial charge in [0.1, 0.15) is 0 Å². The molecule has 1 aromatic carbocycles. The van der Waals surface area contributed by atoms with E-state index < -0.39 is 0 Å². The lowest BCUT2D eigenvalue weighted by Crippen LogP contribution is -2.51. The van der Waals surface area contributed by atoms with Crippen LogP contribution in [-0.4, -0.2) is 36.7 Å². The second-order valence-corrected chi connectivity index (χ2v) is 5.60. The number of carbonyl (C=O) groups is 1. The van der Waals surface area contributed by atoms with Crippen LogP contribution < -0.4 is 5.32 Å². The monoisotopic (exact) mass is 348 g/mol. The Morgan fingerprint density at radius 1 is 1.27 bits per heavy atom. The summed E-state index contributed by atoms with van der Waals surface area (Å²) >= 11 is 0. The van der Waals surface area contributed by atoms with Crippen molar-refractivity contribution >= 4 is 36.5 Å². The second kappa shape index (κ2) is 9.93. The topological polar surface area (TPSA) is 41.6 Å². The van der Waals surface area contributed by atoms with E-state index in [9.17, 15) is 4.79 Å². The molecule has 22 heavy (non-hydrogen) atoms. The van der Waals surface area contributed by atoms with Crippen LogP contribution in [0.2, 0.25) is 0 Å². The summed E-state index contributed by atoms with van der Waals surface area (Å²) in [7, 11) is 1.47. The molecule has 1 aliphatic heterocycles. The van der Waals surface area contributed by atoms with Gasteiger partial charge in [0.2, 0.25) is 0 Å². The predicted octanol–water partition coefficient (Wildman–Crippen LogP) is 3.56. The molecule has 1 aliphatic rings. The van der Waals surface area contributed by atoms with Gasteiger partial charge in [-0.05, 0) is 38.8 Å². The molecule has 1 saturated heterocycles. The molecule has 0 aliphatic carbocycles. The molecule has 1 aromatic rings. The molecule has 126 valence electrons. The summed E-state index contributed by atoms with van der Waals surface area (Å²) in [5, 5.41) is 3.54. The second-order valence-electron chi connectivity index (χ2n) is 5.60. The molecule has 2 atom stereocenters. The number of para-hydroxylation sites is 1. The van der Waals surface area contributed by atoms with Crippen LogP contribution in [0.3, 0.4) is 0 Å². The van der Waals surface area contributed by atoms with E-state index in [4.69, 9.17) is 4.74 Å². The van der Waals surface area contributed by atoms with Crippen LogP contribution in [0.15, 0.2) is 30.3 Å². The minimum Gasteiger partial charge on any atom is -0.469 e. The zero-order valence-electron chi connectivity index (χ0n) is 13.3. The third-order valence-corrected chi connectivity index (χ3v) is 3.95. The van der Waals surface area contributed by atoms with Crippen LogP contribution in [0.5, 0.6) is 0 Å². The van der Waals surface area contributed by atoms with E-state index in [0.29, 0.717) is 6.04 Å². The van der Waals surface area contributed by atoms with Gasteiger partial charge in [-0.25, -0.2) is 0 Å². The largest absolute Gasteiger partial charge is 0.469 e. The fourth-order valence-corrected chi connectivity index (χ4v) is 2.85. The summed E-state index contributed by atoms with van der Waals surface area (Å²) in [5.74, 6) is -0.0931. The molecular formula is C16H26Cl2N2O2. The van der Waals surface area contributed by atoms with Crippen molar-refractivity contribution in [1.82, 2.24) is 4.90 Å². The number of hydrogen-bond donors (Lipinski definition) is 1. The molecule has 1 fully saturated rings. The maximum Gasteiger partial charge on any atom is 0.308 e. The summed E-state index contributed by atoms with van der Waals surface area (Å²) in [4.78, 5) is 14.2. The number of piperidine rings is 1. The van der Waals surface area contributed by atoms with Crippen molar-refractivity contribution in [2.24, 2.45) is 5.92 Å². The molecule has 0 aromatic heterocycles. The maximum absolute atomic E-state index is 11.8. The number of carbonyl (C=O) groups excluding carboxylic acids is 1. The summed E-state index contributed by atoms with van der Waals surface area (Å²) in [6, 6.07) is 10.6. The summed E-state index contributed by atoms with van der Waals surface area (Å²) < 4.78 is 4.90. The van der Waals surface area contributed by atoms with E-state index in [1.165, 1.54) is 7.11 Å². The Labute approximate surface area is 145 Å². The van der Waals surface area contributed by atoms with Crippen molar-refractivity contribution in [2.75, 3.05) is 19.0 Å². The Bertz CT molecular complexity index is 443. The number of benzene rings is 1. The van der Waals surface area contributed by atoms with Crippen molar-refractivity contribution in [2.45, 2.75) is 38.9 Å². The normalized spacial score (nSPS) is 21.5. The van der Waals surface area contributed by atoms with Gasteiger partial charge in [0.25, 0.3) is 0 Å². The third-order valence-electron chi connectivity index (χ3n) is 3.95. The average Bonchev–Trinajstić information content (AvgIpc) is 2.47. The van der Waals surface area contributed by atoms with Crippen molar-refractivity contribution in [1.29, 1.82) is 0 Å². The molecular weight excluding hydrogens is 323 g/mol. The van der Waals surface area contributed by atoms with Crippen LogP contribution in [0.25, 0.3) is 0 Å². The van der Waals surface area contributed by atoms with Crippen LogP contribution in [0.1, 0.15) is 26.7 Å². The zero-order valence-corrected chi connectivity index (χ0v) is 15.0. The van der Waals surface area contributed by atoms with Crippen molar-refractivity contribution in [3.8, 4) is 0 Å². The molecule has 2 rings (SSSR count). The first-order chi connectivity index (χ1) is 9.61. The highest BCUT2D eigenvalue weighted by molar-refractivity contribution is 5.85. The minimum absolute atomic E-state index is 0. The van der Waals surface area contributed by atoms with Gasteiger partial charge in [-0.1, -0.05) is 18.2 Å². The Morgan fingerprint density at radius 3 is 2.45 bits per heavy atom. The molecule has 2 unspecified atom stereocenters. The lowest BCUT2D eigenvalue weighted by Gasteiger charge is -2.41. The van der Waals surface area contributed by atoms with Crippen LogP contribution >= 0.6 is 24.8 Å². The van der Waals surface area contributed by atoms with E-state index in [2.05, 4.69) is 36.2 Å². The lowest BCUT2D eigenvalue weighted by molar-refractivity contribution is -0.147. The minimum atomic E-state index is -0.0896. The van der Waals surface area contributed by atoms with Crippen LogP contribution in [0, 0.1) is 5.92 Å². The standard InChI is InChI=1S/C16H24N2O2.2ClH/c1-12(2)18-10-9-13(16(19)20-3)11-15(18)17-14-7-5-4-6-8-14;;/h4-8,12-13,15,17H,9-11H2,1-3H3;2*1H. The SMILES string of the molecule is COC(=O)C1CCN(C(C)C)C(Nc2ccccc2)C1.Cl.Cl. The number of methoxy groups -OCH3 is 1. The molecule has 0 saturated carbocycles. The first-order valence-corrected chi connectivity index (χ1v) is 7.27. The molecule has 0 amide bonds. The number of nitrogens with zero attached hydrogens (tertiary/aromatic N) is 1. The number of anilines is 1. The molecule has 0 spiro atoms. The quantitative estimate of drug-likeness (QED) is 0.844. The van der Waals surface area contributed by atoms with Gasteiger partial charge in [-0.2, -0.15) is 0 Å². The van der Waals surface area contributed by atoms with Gasteiger partial charge in [0, 0.05) is 18.3 Å². The lowest BCUT2D eigenvalue weighted by atomic mass is 9.93. The van der Waals surface area contributed by atoms with Gasteiger partial charge in [-0.15, -0.1) is 24.8 Å². The van der Waals surface area contributed by atoms with Crippen LogP contribution in [-0.2, 0) is 9.53 Å². The number of esters is 1. The summed E-state index contributed by atoms with van der Waals surface area (Å²) in [6.45, 7) is 5.30. The molecule has 4 nitrogen and oxygen atoms in total. The maximum atomic E-state index is 11.8. The molecule has 1 heterocycles. The van der Waals surface area contributed by atoms with Crippen LogP contribution in [0.4, 0.5) is 5.69 Å².